The van der Waals surface area contributed by atoms with Crippen molar-refractivity contribution in [3.63, 3.8) is 0 Å². The van der Waals surface area contributed by atoms with Gasteiger partial charge in [-0.25, -0.2) is 0 Å². The highest BCUT2D eigenvalue weighted by molar-refractivity contribution is 5.92. The Kier molecular flexibility index (Phi) is 12.0. The summed E-state index contributed by atoms with van der Waals surface area (Å²) < 4.78 is 5.62. The molecule has 5 amide bonds. The Hall–Kier alpha value is -4.19. The van der Waals surface area contributed by atoms with Gasteiger partial charge in [0, 0.05) is 11.8 Å². The third-order valence-corrected chi connectivity index (χ3v) is 5.82. The molecule has 2 rings (SSSR count). The van der Waals surface area contributed by atoms with Gasteiger partial charge >= 0.3 is 0 Å². The van der Waals surface area contributed by atoms with Gasteiger partial charge in [0.25, 0.3) is 5.91 Å². The molecule has 0 saturated heterocycles. The van der Waals surface area contributed by atoms with Gasteiger partial charge in [-0.15, -0.1) is 0 Å². The van der Waals surface area contributed by atoms with Crippen LogP contribution in [0.15, 0.2) is 42.5 Å². The number of ether oxygens (including phenoxy) is 1. The number of carbonyl (C=O) groups is 5. The van der Waals surface area contributed by atoms with Crippen molar-refractivity contribution in [3.05, 3.63) is 42.5 Å². The average Bonchev–Trinajstić information content (AvgIpc) is 2.88. The van der Waals surface area contributed by atoms with Crippen molar-refractivity contribution < 1.29 is 28.7 Å². The highest BCUT2D eigenvalue weighted by atomic mass is 16.5. The SMILES string of the molecule is CC(NC(=O)COc1cccc2ccccc12)C(=O)N[C@@H](CCC(=O)NC(CCCCN)C(N)=O)C(N)=O. The molecule has 12 nitrogen and oxygen atoms in total. The molecule has 0 aromatic heterocycles. The molecule has 0 aliphatic heterocycles. The van der Waals surface area contributed by atoms with Crippen LogP contribution in [0.4, 0.5) is 0 Å². The molecule has 0 bridgehead atoms. The summed E-state index contributed by atoms with van der Waals surface area (Å²) >= 11 is 0. The number of hydrogen-bond donors (Lipinski definition) is 6. The first-order chi connectivity index (χ1) is 18.1. The first-order valence-electron chi connectivity index (χ1n) is 12.4. The summed E-state index contributed by atoms with van der Waals surface area (Å²) in [6.07, 6.45) is 1.34. The number of unbranched alkanes of at least 4 members (excludes halogenated alkanes) is 1. The molecule has 0 spiro atoms. The Labute approximate surface area is 221 Å². The van der Waals surface area contributed by atoms with E-state index in [4.69, 9.17) is 21.9 Å². The van der Waals surface area contributed by atoms with Crippen molar-refractivity contribution in [3.8, 4) is 5.75 Å². The van der Waals surface area contributed by atoms with Crippen molar-refractivity contribution in [1.29, 1.82) is 0 Å². The Balaban J connectivity index is 1.83. The molecule has 38 heavy (non-hydrogen) atoms. The highest BCUT2D eigenvalue weighted by Gasteiger charge is 2.24. The maximum atomic E-state index is 12.6. The maximum Gasteiger partial charge on any atom is 0.258 e. The molecular weight excluding hydrogens is 492 g/mol. The number of hydrogen-bond acceptors (Lipinski definition) is 7. The number of benzene rings is 2. The zero-order chi connectivity index (χ0) is 28.1. The number of carbonyl (C=O) groups excluding carboxylic acids is 5. The predicted octanol–water partition coefficient (Wildman–Crippen LogP) is -0.427. The van der Waals surface area contributed by atoms with Crippen LogP contribution in [0.1, 0.15) is 39.0 Å². The Bertz CT molecular complexity index is 1130. The molecule has 206 valence electrons. The zero-order valence-electron chi connectivity index (χ0n) is 21.4. The van der Waals surface area contributed by atoms with Gasteiger partial charge in [-0.05, 0) is 50.6 Å². The largest absolute Gasteiger partial charge is 0.483 e. The zero-order valence-corrected chi connectivity index (χ0v) is 21.4. The third kappa shape index (κ3) is 9.69. The molecule has 0 saturated carbocycles. The number of nitrogens with two attached hydrogens (primary N) is 3. The molecule has 9 N–H and O–H groups in total. The van der Waals surface area contributed by atoms with Crippen molar-refractivity contribution in [2.75, 3.05) is 13.2 Å². The lowest BCUT2D eigenvalue weighted by atomic mass is 10.1. The summed E-state index contributed by atoms with van der Waals surface area (Å²) in [6, 6.07) is 10.0. The maximum absolute atomic E-state index is 12.6. The van der Waals surface area contributed by atoms with Gasteiger partial charge in [-0.2, -0.15) is 0 Å². The van der Waals surface area contributed by atoms with E-state index in [0.717, 1.165) is 10.8 Å². The van der Waals surface area contributed by atoms with E-state index in [2.05, 4.69) is 16.0 Å². The minimum atomic E-state index is -1.16. The Morgan fingerprint density at radius 3 is 2.16 bits per heavy atom. The molecule has 0 aliphatic rings. The van der Waals surface area contributed by atoms with Crippen molar-refractivity contribution >= 4 is 40.3 Å². The first-order valence-corrected chi connectivity index (χ1v) is 12.4. The van der Waals surface area contributed by atoms with E-state index < -0.39 is 47.7 Å². The third-order valence-electron chi connectivity index (χ3n) is 5.82. The molecule has 0 fully saturated rings. The number of amides is 5. The second-order valence-corrected chi connectivity index (χ2v) is 8.86. The van der Waals surface area contributed by atoms with Crippen LogP contribution in [0, 0.1) is 0 Å². The summed E-state index contributed by atoms with van der Waals surface area (Å²) in [5.41, 5.74) is 16.1. The minimum Gasteiger partial charge on any atom is -0.483 e. The predicted molar refractivity (Wildman–Crippen MR) is 141 cm³/mol. The fourth-order valence-corrected chi connectivity index (χ4v) is 3.72. The normalized spacial score (nSPS) is 13.1. The molecular formula is C26H36N6O6. The number of primary amides is 2. The van der Waals surface area contributed by atoms with Gasteiger partial charge in [0.15, 0.2) is 6.61 Å². The second kappa shape index (κ2) is 15.2. The Morgan fingerprint density at radius 2 is 1.47 bits per heavy atom. The summed E-state index contributed by atoms with van der Waals surface area (Å²) in [5, 5.41) is 9.27. The van der Waals surface area contributed by atoms with E-state index >= 15 is 0 Å². The molecule has 0 heterocycles. The van der Waals surface area contributed by atoms with Crippen LogP contribution >= 0.6 is 0 Å². The van der Waals surface area contributed by atoms with Gasteiger partial charge < -0.3 is 37.9 Å². The van der Waals surface area contributed by atoms with Crippen LogP contribution in [-0.4, -0.2) is 60.8 Å². The van der Waals surface area contributed by atoms with Gasteiger partial charge in [0.2, 0.25) is 23.6 Å². The summed E-state index contributed by atoms with van der Waals surface area (Å²) in [5.74, 6) is -2.72. The van der Waals surface area contributed by atoms with Crippen molar-refractivity contribution in [2.24, 2.45) is 17.2 Å². The first kappa shape index (κ1) is 30.0. The summed E-state index contributed by atoms with van der Waals surface area (Å²) in [4.78, 5) is 60.6. The van der Waals surface area contributed by atoms with Gasteiger partial charge in [-0.1, -0.05) is 36.4 Å². The summed E-state index contributed by atoms with van der Waals surface area (Å²) in [6.45, 7) is 1.57. The molecule has 12 heteroatoms. The molecule has 2 aromatic rings. The van der Waals surface area contributed by atoms with Crippen molar-refractivity contribution in [1.82, 2.24) is 16.0 Å². The van der Waals surface area contributed by atoms with E-state index in [9.17, 15) is 24.0 Å². The number of fused-ring (bicyclic) bond motifs is 1. The molecule has 2 aromatic carbocycles. The topological polar surface area (TPSA) is 209 Å². The number of nitrogens with one attached hydrogen (secondary N) is 3. The minimum absolute atomic E-state index is 0.105. The summed E-state index contributed by atoms with van der Waals surface area (Å²) in [7, 11) is 0. The Morgan fingerprint density at radius 1 is 0.816 bits per heavy atom. The van der Waals surface area contributed by atoms with E-state index in [1.807, 2.05) is 36.4 Å². The van der Waals surface area contributed by atoms with Crippen LogP contribution < -0.4 is 37.9 Å². The van der Waals surface area contributed by atoms with Crippen LogP contribution in [0.3, 0.4) is 0 Å². The van der Waals surface area contributed by atoms with E-state index in [-0.39, 0.29) is 19.4 Å². The lowest BCUT2D eigenvalue weighted by molar-refractivity contribution is -0.132. The van der Waals surface area contributed by atoms with E-state index in [0.29, 0.717) is 31.6 Å². The van der Waals surface area contributed by atoms with Gasteiger partial charge in [0.05, 0.1) is 0 Å². The molecule has 0 aliphatic carbocycles. The van der Waals surface area contributed by atoms with Crippen molar-refractivity contribution in [2.45, 2.75) is 57.2 Å². The lowest BCUT2D eigenvalue weighted by Gasteiger charge is -2.20. The van der Waals surface area contributed by atoms with Crippen LogP contribution in [0.5, 0.6) is 5.75 Å². The fourth-order valence-electron chi connectivity index (χ4n) is 3.72. The quantitative estimate of drug-likeness (QED) is 0.158. The van der Waals surface area contributed by atoms with E-state index in [1.165, 1.54) is 6.92 Å². The van der Waals surface area contributed by atoms with Crippen LogP contribution in [-0.2, 0) is 24.0 Å². The number of rotatable bonds is 16. The molecule has 0 radical (unpaired) electrons. The lowest BCUT2D eigenvalue weighted by Crippen LogP contribution is -2.52. The van der Waals surface area contributed by atoms with Gasteiger partial charge in [0.1, 0.15) is 23.9 Å². The fraction of sp³-hybridized carbons (Fsp3) is 0.423. The van der Waals surface area contributed by atoms with Crippen LogP contribution in [0.25, 0.3) is 10.8 Å². The smallest absolute Gasteiger partial charge is 0.258 e. The average molecular weight is 529 g/mol. The van der Waals surface area contributed by atoms with Crippen LogP contribution in [0.2, 0.25) is 0 Å². The second-order valence-electron chi connectivity index (χ2n) is 8.86. The van der Waals surface area contributed by atoms with Gasteiger partial charge in [-0.3, -0.25) is 24.0 Å². The molecule has 2 unspecified atom stereocenters. The highest BCUT2D eigenvalue weighted by Crippen LogP contribution is 2.24. The van der Waals surface area contributed by atoms with E-state index in [1.54, 1.807) is 6.07 Å². The molecule has 3 atom stereocenters. The monoisotopic (exact) mass is 528 g/mol. The standard InChI is InChI=1S/C26H36N6O6/c1-16(30-23(34)15-38-21-11-6-8-17-7-2-3-9-18(17)21)26(37)32-20(25(29)36)12-13-22(33)31-19(24(28)35)10-4-5-14-27/h2-3,6-9,11,16,19-20H,4-5,10,12-15,27H2,1H3,(H2,28,35)(H2,29,36)(H,30,34)(H,31,33)(H,32,37)/t16?,19?,20-/m0/s1.